The second-order valence-corrected chi connectivity index (χ2v) is 0. The van der Waals surface area contributed by atoms with Gasteiger partial charge < -0.3 is 2.85 Å². The average molecular weight is 455 g/mol. The number of hydrogen-bond donors (Lipinski definition) is 0. The summed E-state index contributed by atoms with van der Waals surface area (Å²) in [5.74, 6) is 0. The first-order valence-corrected chi connectivity index (χ1v) is 0. The summed E-state index contributed by atoms with van der Waals surface area (Å²) in [5.41, 5.74) is 0. The van der Waals surface area contributed by atoms with E-state index in [0.29, 0.717) is 0 Å². The Morgan fingerprint density at radius 3 is 1.20 bits per heavy atom. The van der Waals surface area contributed by atoms with E-state index in [1.807, 2.05) is 0 Å². The Morgan fingerprint density at radius 1 is 1.20 bits per heavy atom. The molecule has 0 aromatic carbocycles. The van der Waals surface area contributed by atoms with Crippen LogP contribution in [0.3, 0.4) is 0 Å². The zero-order valence-electron chi connectivity index (χ0n) is 4.33. The molecular weight excluding hydrogens is 453 g/mol. The van der Waals surface area contributed by atoms with E-state index in [2.05, 4.69) is 0 Å². The van der Waals surface area contributed by atoms with E-state index in [4.69, 9.17) is 0 Å². The van der Waals surface area contributed by atoms with Crippen molar-refractivity contribution in [2.75, 3.05) is 0 Å². The van der Waals surface area contributed by atoms with E-state index in [1.54, 1.807) is 0 Å². The van der Waals surface area contributed by atoms with Crippen LogP contribution in [0.2, 0.25) is 0 Å². The van der Waals surface area contributed by atoms with Crippen molar-refractivity contribution in [1.29, 1.82) is 0 Å². The third-order valence-electron chi connectivity index (χ3n) is 0. The molecule has 0 aromatic heterocycles. The van der Waals surface area contributed by atoms with Crippen LogP contribution in [0.1, 0.15) is 2.85 Å². The average Bonchev–Trinajstić information content (AvgIpc) is 0. The van der Waals surface area contributed by atoms with E-state index in [-0.39, 0.29) is 108 Å². The van der Waals surface area contributed by atoms with Crippen molar-refractivity contribution in [2.24, 2.45) is 0 Å². The SMILES string of the molecule is [H-].[H-].[Mg+2].[Mo].[Nb].[Ni].[Ta]. The van der Waals surface area contributed by atoms with Crippen molar-refractivity contribution in [2.45, 2.75) is 0 Å². The van der Waals surface area contributed by atoms with Gasteiger partial charge in [-0.3, -0.25) is 0 Å². The van der Waals surface area contributed by atoms with Gasteiger partial charge in [0, 0.05) is 82.3 Å². The van der Waals surface area contributed by atoms with Crippen molar-refractivity contribution >= 4 is 23.1 Å². The minimum absolute atomic E-state index is 0. The second kappa shape index (κ2) is 26.1. The summed E-state index contributed by atoms with van der Waals surface area (Å²) < 4.78 is 0. The van der Waals surface area contributed by atoms with E-state index in [0.717, 1.165) is 0 Å². The van der Waals surface area contributed by atoms with Crippen LogP contribution in [0.4, 0.5) is 0 Å². The molecule has 0 saturated carbocycles. The molecule has 0 spiro atoms. The molecule has 0 N–H and O–H groups in total. The summed E-state index contributed by atoms with van der Waals surface area (Å²) >= 11 is 0. The molecule has 0 aliphatic heterocycles. The molecule has 0 fully saturated rings. The molecule has 0 saturated heterocycles. The van der Waals surface area contributed by atoms with Gasteiger partial charge in [-0.15, -0.1) is 0 Å². The minimum atomic E-state index is 0. The Kier molecular flexibility index (Phi) is 207. The van der Waals surface area contributed by atoms with Crippen LogP contribution in [-0.4, -0.2) is 23.1 Å². The van der Waals surface area contributed by atoms with E-state index in [9.17, 15) is 0 Å². The maximum Gasteiger partial charge on any atom is 2.00 e. The Balaban J connectivity index is 0. The first-order valence-electron chi connectivity index (χ1n) is 0. The van der Waals surface area contributed by atoms with Gasteiger partial charge >= 0.3 is 23.1 Å². The molecule has 0 atom stereocenters. The maximum absolute atomic E-state index is 0. The van der Waals surface area contributed by atoms with Gasteiger partial charge in [-0.1, -0.05) is 0 Å². The summed E-state index contributed by atoms with van der Waals surface area (Å²) in [7, 11) is 0. The first-order chi connectivity index (χ1) is 0. The third-order valence-corrected chi connectivity index (χ3v) is 0. The van der Waals surface area contributed by atoms with E-state index < -0.39 is 0 Å². The normalized spacial score (nSPS) is 0. The topological polar surface area (TPSA) is 0 Å². The minimum Gasteiger partial charge on any atom is -1.00 e. The standard InChI is InChI=1S/Mg.Mo.Nb.Ni.Ta.2H/q+2;;;;;2*-1. The summed E-state index contributed by atoms with van der Waals surface area (Å²) in [4.78, 5) is 0. The van der Waals surface area contributed by atoms with Gasteiger partial charge in [0.1, 0.15) is 0 Å². The third kappa shape index (κ3) is 18.6. The fourth-order valence-electron chi connectivity index (χ4n) is 0. The molecule has 0 aliphatic rings. The molecule has 0 bridgehead atoms. The molecule has 0 aromatic rings. The van der Waals surface area contributed by atoms with Gasteiger partial charge in [-0.25, -0.2) is 0 Å². The molecule has 5 heteroatoms. The predicted molar refractivity (Wildman–Crippen MR) is 7.98 cm³/mol. The maximum atomic E-state index is 0. The van der Waals surface area contributed by atoms with Crippen molar-refractivity contribution in [3.8, 4) is 0 Å². The molecular formula is H2MgMoNbNiTa. The van der Waals surface area contributed by atoms with Crippen LogP contribution < -0.4 is 0 Å². The summed E-state index contributed by atoms with van der Waals surface area (Å²) in [6, 6.07) is 0. The molecule has 30 valence electrons. The molecule has 2 radical (unpaired) electrons. The zero-order valence-corrected chi connectivity index (χ0v) is 12.1. The first kappa shape index (κ1) is 39.6. The van der Waals surface area contributed by atoms with Gasteiger partial charge in [-0.05, 0) is 0 Å². The summed E-state index contributed by atoms with van der Waals surface area (Å²) in [6.07, 6.45) is 0. The molecule has 0 heterocycles. The fraction of sp³-hybridized carbons (Fsp3) is 0. The van der Waals surface area contributed by atoms with E-state index in [1.165, 1.54) is 0 Å². The molecule has 0 unspecified atom stereocenters. The summed E-state index contributed by atoms with van der Waals surface area (Å²) in [6.45, 7) is 0. The largest absolute Gasteiger partial charge is 2.00 e. The Bertz CT molecular complexity index is 17.7. The van der Waals surface area contributed by atoms with Crippen LogP contribution in [-0.2, 0) is 82.3 Å². The second-order valence-electron chi connectivity index (χ2n) is 0. The zero-order chi connectivity index (χ0) is 0. The van der Waals surface area contributed by atoms with E-state index >= 15 is 0 Å². The van der Waals surface area contributed by atoms with Crippen molar-refractivity contribution in [1.82, 2.24) is 0 Å². The molecule has 0 rings (SSSR count). The Morgan fingerprint density at radius 2 is 1.20 bits per heavy atom. The van der Waals surface area contributed by atoms with Crippen LogP contribution >= 0.6 is 0 Å². The van der Waals surface area contributed by atoms with Crippen LogP contribution in [0.15, 0.2) is 0 Å². The van der Waals surface area contributed by atoms with Gasteiger partial charge in [-0.2, -0.15) is 0 Å². The van der Waals surface area contributed by atoms with Gasteiger partial charge in [0.05, 0.1) is 0 Å². The van der Waals surface area contributed by atoms with Gasteiger partial charge in [0.2, 0.25) is 0 Å². The molecule has 0 aliphatic carbocycles. The van der Waals surface area contributed by atoms with Crippen LogP contribution in [0.5, 0.6) is 0 Å². The van der Waals surface area contributed by atoms with Gasteiger partial charge in [0.15, 0.2) is 0 Å². The molecule has 0 nitrogen and oxygen atoms in total. The quantitative estimate of drug-likeness (QED) is 0.446. The van der Waals surface area contributed by atoms with Crippen molar-refractivity contribution < 1.29 is 85.2 Å². The van der Waals surface area contributed by atoms with Crippen molar-refractivity contribution in [3.63, 3.8) is 0 Å². The van der Waals surface area contributed by atoms with Crippen LogP contribution in [0, 0.1) is 0 Å². The molecule has 0 amide bonds. The Hall–Kier alpha value is 3.43. The predicted octanol–water partition coefficient (Wildman–Crippen LogP) is -0.166. The number of hydrogen-bond acceptors (Lipinski definition) is 0. The van der Waals surface area contributed by atoms with Crippen molar-refractivity contribution in [3.05, 3.63) is 0 Å². The monoisotopic (exact) mass is 456 g/mol. The fourth-order valence-corrected chi connectivity index (χ4v) is 0. The Labute approximate surface area is 106 Å². The summed E-state index contributed by atoms with van der Waals surface area (Å²) in [5, 5.41) is 0. The van der Waals surface area contributed by atoms with Gasteiger partial charge in [0.25, 0.3) is 0 Å². The number of rotatable bonds is 0. The van der Waals surface area contributed by atoms with Crippen LogP contribution in [0.25, 0.3) is 0 Å². The molecule has 5 heavy (non-hydrogen) atoms. The smallest absolute Gasteiger partial charge is 1.00 e.